The summed E-state index contributed by atoms with van der Waals surface area (Å²) in [6.07, 6.45) is 0.590. The summed E-state index contributed by atoms with van der Waals surface area (Å²) in [5.74, 6) is -3.46. The van der Waals surface area contributed by atoms with Crippen LogP contribution in [-0.4, -0.2) is 48.3 Å². The van der Waals surface area contributed by atoms with E-state index in [2.05, 4.69) is 25.8 Å². The summed E-state index contributed by atoms with van der Waals surface area (Å²) in [5.41, 5.74) is 2.28. The quantitative estimate of drug-likeness (QED) is 0.368. The smallest absolute Gasteiger partial charge is 0.349 e. The van der Waals surface area contributed by atoms with Crippen LogP contribution in [0, 0.1) is 18.8 Å². The van der Waals surface area contributed by atoms with E-state index in [1.807, 2.05) is 0 Å². The minimum absolute atomic E-state index is 0.0551. The highest BCUT2D eigenvalue weighted by atomic mass is 19.4. The summed E-state index contributed by atoms with van der Waals surface area (Å²) in [6.45, 7) is 1.21. The number of hydrogen-bond acceptors (Lipinski definition) is 5. The van der Waals surface area contributed by atoms with E-state index in [1.54, 1.807) is 18.5 Å². The summed E-state index contributed by atoms with van der Waals surface area (Å²) < 4.78 is 66.4. The predicted octanol–water partition coefficient (Wildman–Crippen LogP) is 4.12. The zero-order valence-corrected chi connectivity index (χ0v) is 21.1. The van der Waals surface area contributed by atoms with Crippen LogP contribution in [0.5, 0.6) is 0 Å². The molecule has 14 heteroatoms. The summed E-state index contributed by atoms with van der Waals surface area (Å²) in [5, 5.41) is 14.0. The van der Waals surface area contributed by atoms with Gasteiger partial charge in [0.1, 0.15) is 0 Å². The van der Waals surface area contributed by atoms with Crippen LogP contribution < -0.4 is 10.6 Å². The van der Waals surface area contributed by atoms with Gasteiger partial charge in [-0.05, 0) is 43.2 Å². The SMILES string of the molecule is Cc1c(C(=O)NCc2cn3ncc(C(NC(=O)CC4CC(F)(F)C4)C4CC4)cc3n2)cnn1CCC(F)(F)F. The van der Waals surface area contributed by atoms with Crippen LogP contribution in [-0.2, 0) is 17.9 Å². The van der Waals surface area contributed by atoms with Crippen LogP contribution in [0.25, 0.3) is 5.65 Å². The largest absolute Gasteiger partial charge is 0.390 e. The van der Waals surface area contributed by atoms with Crippen molar-refractivity contribution in [1.82, 2.24) is 35.0 Å². The Labute approximate surface area is 220 Å². The average Bonchev–Trinajstić information content (AvgIpc) is 3.48. The van der Waals surface area contributed by atoms with E-state index in [0.717, 1.165) is 23.1 Å². The first-order valence-electron chi connectivity index (χ1n) is 12.8. The molecule has 3 heterocycles. The molecule has 2 fully saturated rings. The second-order valence-corrected chi connectivity index (χ2v) is 10.5. The molecule has 2 aliphatic carbocycles. The first-order chi connectivity index (χ1) is 18.4. The number of alkyl halides is 5. The van der Waals surface area contributed by atoms with Gasteiger partial charge in [0, 0.05) is 31.5 Å². The number of fused-ring (bicyclic) bond motifs is 1. The van der Waals surface area contributed by atoms with E-state index in [1.165, 1.54) is 17.6 Å². The lowest BCUT2D eigenvalue weighted by Gasteiger charge is -2.34. The lowest BCUT2D eigenvalue weighted by atomic mass is 9.79. The zero-order chi connectivity index (χ0) is 27.9. The molecule has 1 atom stereocenters. The van der Waals surface area contributed by atoms with E-state index in [0.29, 0.717) is 17.0 Å². The summed E-state index contributed by atoms with van der Waals surface area (Å²) in [7, 11) is 0. The number of nitrogens with zero attached hydrogens (tertiary/aromatic N) is 5. The second kappa shape index (κ2) is 10.2. The molecule has 2 N–H and O–H groups in total. The normalized spacial score (nSPS) is 18.1. The van der Waals surface area contributed by atoms with Gasteiger partial charge in [-0.25, -0.2) is 18.3 Å². The molecular weight excluding hydrogens is 525 g/mol. The van der Waals surface area contributed by atoms with Crippen molar-refractivity contribution in [3.63, 3.8) is 0 Å². The fraction of sp³-hybridized carbons (Fsp3) is 0.560. The monoisotopic (exact) mass is 553 g/mol. The number of aromatic nitrogens is 5. The van der Waals surface area contributed by atoms with Crippen LogP contribution in [0.3, 0.4) is 0 Å². The van der Waals surface area contributed by atoms with Gasteiger partial charge >= 0.3 is 6.18 Å². The number of imidazole rings is 1. The van der Waals surface area contributed by atoms with Crippen LogP contribution in [0.4, 0.5) is 22.0 Å². The maximum absolute atomic E-state index is 13.1. The number of carbonyl (C=O) groups excluding carboxylic acids is 2. The molecule has 2 saturated carbocycles. The Balaban J connectivity index is 1.20. The highest BCUT2D eigenvalue weighted by Crippen LogP contribution is 2.45. The zero-order valence-electron chi connectivity index (χ0n) is 21.1. The van der Waals surface area contributed by atoms with Crippen molar-refractivity contribution in [1.29, 1.82) is 0 Å². The Morgan fingerprint density at radius 1 is 1.18 bits per heavy atom. The Bertz CT molecular complexity index is 1370. The standard InChI is InChI=1S/C25H28F5N7O2/c1-14-19(12-33-36(14)5-4-25(28,29)30)23(39)31-11-18-13-37-20(34-18)7-17(10-32-37)22(16-2-3-16)35-21(38)6-15-8-24(26,27)9-15/h7,10,12-13,15-16,22H,2-6,8-9,11H2,1H3,(H,31,39)(H,35,38). The van der Waals surface area contributed by atoms with Crippen molar-refractivity contribution >= 4 is 17.5 Å². The molecule has 0 bridgehead atoms. The number of aryl methyl sites for hydroxylation is 1. The number of rotatable bonds is 10. The van der Waals surface area contributed by atoms with Crippen molar-refractivity contribution in [3.05, 3.63) is 47.2 Å². The minimum atomic E-state index is -4.32. The van der Waals surface area contributed by atoms with Gasteiger partial charge in [0.2, 0.25) is 11.8 Å². The number of nitrogens with one attached hydrogen (secondary N) is 2. The molecule has 0 spiro atoms. The molecule has 2 amide bonds. The molecule has 0 aliphatic heterocycles. The third-order valence-corrected chi connectivity index (χ3v) is 7.19. The van der Waals surface area contributed by atoms with Gasteiger partial charge in [0.25, 0.3) is 5.91 Å². The van der Waals surface area contributed by atoms with Crippen LogP contribution in [0.1, 0.15) is 71.9 Å². The van der Waals surface area contributed by atoms with E-state index in [-0.39, 0.29) is 61.7 Å². The summed E-state index contributed by atoms with van der Waals surface area (Å²) in [6, 6.07) is 1.51. The summed E-state index contributed by atoms with van der Waals surface area (Å²) >= 11 is 0. The molecule has 39 heavy (non-hydrogen) atoms. The molecule has 0 saturated heterocycles. The average molecular weight is 554 g/mol. The molecule has 9 nitrogen and oxygen atoms in total. The van der Waals surface area contributed by atoms with Gasteiger partial charge in [-0.3, -0.25) is 14.3 Å². The number of amides is 2. The van der Waals surface area contributed by atoms with Crippen LogP contribution >= 0.6 is 0 Å². The summed E-state index contributed by atoms with van der Waals surface area (Å²) in [4.78, 5) is 29.6. The van der Waals surface area contributed by atoms with Crippen molar-refractivity contribution in [2.24, 2.45) is 11.8 Å². The number of halogens is 5. The van der Waals surface area contributed by atoms with E-state index < -0.39 is 24.4 Å². The molecule has 1 unspecified atom stereocenters. The first kappa shape index (κ1) is 27.0. The van der Waals surface area contributed by atoms with Gasteiger partial charge in [0.15, 0.2) is 5.65 Å². The second-order valence-electron chi connectivity index (χ2n) is 10.5. The molecule has 0 radical (unpaired) electrons. The van der Waals surface area contributed by atoms with Gasteiger partial charge < -0.3 is 10.6 Å². The van der Waals surface area contributed by atoms with Crippen LogP contribution in [0.2, 0.25) is 0 Å². The maximum Gasteiger partial charge on any atom is 0.390 e. The maximum atomic E-state index is 13.1. The van der Waals surface area contributed by atoms with E-state index >= 15 is 0 Å². The molecule has 5 rings (SSSR count). The fourth-order valence-corrected chi connectivity index (χ4v) is 4.92. The Kier molecular flexibility index (Phi) is 7.06. The number of hydrogen-bond donors (Lipinski definition) is 2. The molecular formula is C25H28F5N7O2. The highest BCUT2D eigenvalue weighted by Gasteiger charge is 2.46. The van der Waals surface area contributed by atoms with Crippen molar-refractivity contribution in [2.45, 2.75) is 76.7 Å². The minimum Gasteiger partial charge on any atom is -0.349 e. The van der Waals surface area contributed by atoms with Crippen LogP contribution in [0.15, 0.2) is 24.7 Å². The lowest BCUT2D eigenvalue weighted by Crippen LogP contribution is -2.39. The van der Waals surface area contributed by atoms with Gasteiger partial charge in [-0.15, -0.1) is 0 Å². The third kappa shape index (κ3) is 6.53. The van der Waals surface area contributed by atoms with Crippen molar-refractivity contribution in [2.75, 3.05) is 0 Å². The highest BCUT2D eigenvalue weighted by molar-refractivity contribution is 5.94. The molecule has 3 aromatic rings. The number of carbonyl (C=O) groups is 2. The van der Waals surface area contributed by atoms with E-state index in [4.69, 9.17) is 0 Å². The lowest BCUT2D eigenvalue weighted by molar-refractivity contribution is -0.137. The van der Waals surface area contributed by atoms with E-state index in [9.17, 15) is 31.5 Å². The Morgan fingerprint density at radius 2 is 1.92 bits per heavy atom. The Morgan fingerprint density at radius 3 is 2.59 bits per heavy atom. The van der Waals surface area contributed by atoms with Crippen molar-refractivity contribution in [3.8, 4) is 0 Å². The fourth-order valence-electron chi connectivity index (χ4n) is 4.92. The molecule has 2 aliphatic rings. The molecule has 3 aromatic heterocycles. The predicted molar refractivity (Wildman–Crippen MR) is 128 cm³/mol. The Hall–Kier alpha value is -3.58. The molecule has 0 aromatic carbocycles. The topological polar surface area (TPSA) is 106 Å². The van der Waals surface area contributed by atoms with Gasteiger partial charge in [-0.1, -0.05) is 0 Å². The van der Waals surface area contributed by atoms with Crippen molar-refractivity contribution < 1.29 is 31.5 Å². The molecule has 210 valence electrons. The van der Waals surface area contributed by atoms with Gasteiger partial charge in [-0.2, -0.15) is 23.4 Å². The van der Waals surface area contributed by atoms with Gasteiger partial charge in [0.05, 0.1) is 48.9 Å². The first-order valence-corrected chi connectivity index (χ1v) is 12.8. The third-order valence-electron chi connectivity index (χ3n) is 7.19.